The number of hydrogen-bond acceptors (Lipinski definition) is 9. The molecule has 0 aromatic carbocycles. The molecule has 0 aromatic heterocycles. The van der Waals surface area contributed by atoms with Crippen molar-refractivity contribution in [2.45, 2.75) is 97.9 Å². The van der Waals surface area contributed by atoms with Crippen LogP contribution in [0.3, 0.4) is 0 Å². The van der Waals surface area contributed by atoms with E-state index in [2.05, 4.69) is 6.58 Å². The summed E-state index contributed by atoms with van der Waals surface area (Å²) in [4.78, 5) is 48.5. The SMILES string of the molecule is C=C1C2[C@H](OC(C)=O)[C@@H]3CC(OC(C)=O)C(C)=C([C@@H](OC(C)=O)[C@@H]4OO[C@@H](C[C@@H]1O)[C@]24C)C3(C)C. The monoisotopic (exact) mass is 492 g/mol. The maximum Gasteiger partial charge on any atom is 0.303 e. The second-order valence-corrected chi connectivity index (χ2v) is 11.1. The van der Waals surface area contributed by atoms with Gasteiger partial charge in [-0.2, -0.15) is 0 Å². The van der Waals surface area contributed by atoms with Crippen LogP contribution >= 0.6 is 0 Å². The summed E-state index contributed by atoms with van der Waals surface area (Å²) in [6.45, 7) is 16.1. The smallest absolute Gasteiger partial charge is 0.303 e. The van der Waals surface area contributed by atoms with Crippen LogP contribution in [0.2, 0.25) is 0 Å². The van der Waals surface area contributed by atoms with E-state index in [1.54, 1.807) is 0 Å². The zero-order valence-electron chi connectivity index (χ0n) is 21.5. The van der Waals surface area contributed by atoms with Gasteiger partial charge in [0.25, 0.3) is 0 Å². The van der Waals surface area contributed by atoms with Crippen LogP contribution in [0.4, 0.5) is 0 Å². The predicted molar refractivity (Wildman–Crippen MR) is 122 cm³/mol. The Hall–Kier alpha value is -2.23. The summed E-state index contributed by atoms with van der Waals surface area (Å²) in [6.07, 6.45) is -3.74. The van der Waals surface area contributed by atoms with Crippen LogP contribution in [-0.2, 0) is 38.4 Å². The van der Waals surface area contributed by atoms with Gasteiger partial charge in [0.1, 0.15) is 24.4 Å². The lowest BCUT2D eigenvalue weighted by atomic mass is 9.49. The molecule has 2 saturated carbocycles. The van der Waals surface area contributed by atoms with Crippen molar-refractivity contribution in [2.75, 3.05) is 0 Å². The van der Waals surface area contributed by atoms with Gasteiger partial charge in [-0.3, -0.25) is 14.4 Å². The van der Waals surface area contributed by atoms with Gasteiger partial charge in [0.05, 0.1) is 6.10 Å². The van der Waals surface area contributed by atoms with E-state index in [4.69, 9.17) is 24.0 Å². The maximum atomic E-state index is 12.4. The minimum atomic E-state index is -0.891. The molecule has 1 N–H and O–H groups in total. The normalized spacial score (nSPS) is 41.9. The summed E-state index contributed by atoms with van der Waals surface area (Å²) >= 11 is 0. The van der Waals surface area contributed by atoms with E-state index in [1.165, 1.54) is 20.8 Å². The molecule has 1 heterocycles. The number of aliphatic hydroxyl groups is 1. The second-order valence-electron chi connectivity index (χ2n) is 11.1. The fourth-order valence-corrected chi connectivity index (χ4v) is 7.17. The standard InChI is InChI=1S/C26H36O9/c1-11-17(30)10-19-26(8)21(11)22(32-14(4)28)16-9-18(31-13(3)27)12(2)20(25(16,6)7)23(33-15(5)29)24(26)35-34-19/h16-19,21-24,30H,1,9-10H2,2-8H3/t16-,17-,18?,19-,21?,22+,23+,24-,26+/m0/s1. The molecule has 4 rings (SSSR count). The number of rotatable bonds is 3. The first kappa shape index (κ1) is 25.9. The van der Waals surface area contributed by atoms with E-state index in [9.17, 15) is 19.5 Å². The Morgan fingerprint density at radius 3 is 2.14 bits per heavy atom. The van der Waals surface area contributed by atoms with Crippen molar-refractivity contribution in [1.29, 1.82) is 0 Å². The molecule has 0 amide bonds. The largest absolute Gasteiger partial charge is 0.462 e. The van der Waals surface area contributed by atoms with Gasteiger partial charge in [-0.15, -0.1) is 0 Å². The fraction of sp³-hybridized carbons (Fsp3) is 0.731. The van der Waals surface area contributed by atoms with Crippen LogP contribution in [0.15, 0.2) is 23.3 Å². The Bertz CT molecular complexity index is 981. The zero-order valence-corrected chi connectivity index (χ0v) is 21.5. The molecule has 194 valence electrons. The molecule has 1 aliphatic heterocycles. The van der Waals surface area contributed by atoms with Gasteiger partial charge in [-0.05, 0) is 35.5 Å². The molecule has 3 aliphatic carbocycles. The third-order valence-corrected chi connectivity index (χ3v) is 8.70. The van der Waals surface area contributed by atoms with Gasteiger partial charge in [-0.1, -0.05) is 27.4 Å². The zero-order chi connectivity index (χ0) is 26.0. The molecule has 9 heteroatoms. The number of hydrogen-bond donors (Lipinski definition) is 1. The predicted octanol–water partition coefficient (Wildman–Crippen LogP) is 2.80. The lowest BCUT2D eigenvalue weighted by Crippen LogP contribution is -2.64. The van der Waals surface area contributed by atoms with E-state index in [-0.39, 0.29) is 12.3 Å². The van der Waals surface area contributed by atoms with Crippen molar-refractivity contribution in [1.82, 2.24) is 0 Å². The molecule has 4 aliphatic rings. The first-order valence-electron chi connectivity index (χ1n) is 12.1. The van der Waals surface area contributed by atoms with Gasteiger partial charge in [-0.25, -0.2) is 9.78 Å². The van der Waals surface area contributed by atoms with Crippen LogP contribution in [0.25, 0.3) is 0 Å². The highest BCUT2D eigenvalue weighted by atomic mass is 17.2. The van der Waals surface area contributed by atoms with Crippen molar-refractivity contribution >= 4 is 17.9 Å². The molecule has 9 atom stereocenters. The molecule has 2 unspecified atom stereocenters. The topological polar surface area (TPSA) is 118 Å². The van der Waals surface area contributed by atoms with Crippen LogP contribution in [0.1, 0.15) is 61.3 Å². The van der Waals surface area contributed by atoms with Gasteiger partial charge in [0, 0.05) is 44.4 Å². The molecule has 0 spiro atoms. The van der Waals surface area contributed by atoms with Crippen molar-refractivity contribution < 1.29 is 43.5 Å². The summed E-state index contributed by atoms with van der Waals surface area (Å²) in [6, 6.07) is 0. The molecule has 0 radical (unpaired) electrons. The molecule has 3 fully saturated rings. The maximum absolute atomic E-state index is 12.4. The number of ether oxygens (including phenoxy) is 3. The molecule has 9 nitrogen and oxygen atoms in total. The highest BCUT2D eigenvalue weighted by molar-refractivity contribution is 5.68. The highest BCUT2D eigenvalue weighted by Crippen LogP contribution is 2.63. The van der Waals surface area contributed by atoms with Crippen molar-refractivity contribution in [3.05, 3.63) is 23.3 Å². The van der Waals surface area contributed by atoms with E-state index in [0.29, 0.717) is 12.0 Å². The number of esters is 3. The van der Waals surface area contributed by atoms with Crippen LogP contribution in [0.5, 0.6) is 0 Å². The summed E-state index contributed by atoms with van der Waals surface area (Å²) < 4.78 is 17.7. The van der Waals surface area contributed by atoms with Gasteiger partial charge < -0.3 is 19.3 Å². The Morgan fingerprint density at radius 1 is 0.971 bits per heavy atom. The second kappa shape index (κ2) is 8.71. The minimum Gasteiger partial charge on any atom is -0.462 e. The van der Waals surface area contributed by atoms with Crippen LogP contribution in [0, 0.1) is 22.7 Å². The Kier molecular flexibility index (Phi) is 6.43. The average molecular weight is 493 g/mol. The van der Waals surface area contributed by atoms with Gasteiger partial charge in [0.2, 0.25) is 0 Å². The van der Waals surface area contributed by atoms with Crippen molar-refractivity contribution in [2.24, 2.45) is 22.7 Å². The molecule has 2 bridgehead atoms. The first-order valence-corrected chi connectivity index (χ1v) is 12.1. The van der Waals surface area contributed by atoms with E-state index >= 15 is 0 Å². The van der Waals surface area contributed by atoms with E-state index in [1.807, 2.05) is 27.7 Å². The summed E-state index contributed by atoms with van der Waals surface area (Å²) in [7, 11) is 0. The van der Waals surface area contributed by atoms with Crippen molar-refractivity contribution in [3.63, 3.8) is 0 Å². The Labute approximate surface area is 205 Å². The molecule has 1 saturated heterocycles. The fourth-order valence-electron chi connectivity index (χ4n) is 7.17. The lowest BCUT2D eigenvalue weighted by Gasteiger charge is -2.58. The van der Waals surface area contributed by atoms with Crippen LogP contribution < -0.4 is 0 Å². The molecule has 35 heavy (non-hydrogen) atoms. The third-order valence-electron chi connectivity index (χ3n) is 8.70. The van der Waals surface area contributed by atoms with Crippen LogP contribution in [-0.4, -0.2) is 59.6 Å². The summed E-state index contributed by atoms with van der Waals surface area (Å²) in [5.74, 6) is -2.31. The third kappa shape index (κ3) is 3.92. The number of carbonyl (C=O) groups is 3. The number of aliphatic hydroxyl groups excluding tert-OH is 1. The Balaban J connectivity index is 2.02. The first-order chi connectivity index (χ1) is 16.2. The van der Waals surface area contributed by atoms with E-state index < -0.39 is 71.3 Å². The molecular formula is C26H36O9. The lowest BCUT2D eigenvalue weighted by molar-refractivity contribution is -0.308. The average Bonchev–Trinajstić information content (AvgIpc) is 3.03. The van der Waals surface area contributed by atoms with Gasteiger partial charge in [0.15, 0.2) is 6.10 Å². The summed E-state index contributed by atoms with van der Waals surface area (Å²) in [5, 5.41) is 10.9. The van der Waals surface area contributed by atoms with Crippen molar-refractivity contribution in [3.8, 4) is 0 Å². The quantitative estimate of drug-likeness (QED) is 0.275. The minimum absolute atomic E-state index is 0.254. The summed E-state index contributed by atoms with van der Waals surface area (Å²) in [5.41, 5.74) is 0.568. The molecule has 0 aromatic rings. The van der Waals surface area contributed by atoms with E-state index in [0.717, 1.165) is 11.1 Å². The molecular weight excluding hydrogens is 456 g/mol. The highest BCUT2D eigenvalue weighted by Gasteiger charge is 2.69. The van der Waals surface area contributed by atoms with Gasteiger partial charge >= 0.3 is 17.9 Å². The Morgan fingerprint density at radius 2 is 1.57 bits per heavy atom. The number of carbonyl (C=O) groups excluding carboxylic acids is 3. The number of fused-ring (bicyclic) bond motifs is 2.